The highest BCUT2D eigenvalue weighted by atomic mass is 16.5. The van der Waals surface area contributed by atoms with Gasteiger partial charge in [0.05, 0.1) is 13.2 Å². The Morgan fingerprint density at radius 3 is 2.73 bits per heavy atom. The maximum absolute atomic E-state index is 6.27. The van der Waals surface area contributed by atoms with Crippen molar-refractivity contribution < 1.29 is 4.74 Å². The van der Waals surface area contributed by atoms with Crippen LogP contribution >= 0.6 is 0 Å². The van der Waals surface area contributed by atoms with Crippen LogP contribution in [0.15, 0.2) is 48.5 Å². The van der Waals surface area contributed by atoms with Crippen molar-refractivity contribution in [2.75, 3.05) is 7.11 Å². The van der Waals surface area contributed by atoms with E-state index in [0.717, 1.165) is 16.9 Å². The van der Waals surface area contributed by atoms with Crippen molar-refractivity contribution >= 4 is 0 Å². The molecule has 1 aromatic heterocycles. The van der Waals surface area contributed by atoms with Crippen LogP contribution in [0.2, 0.25) is 0 Å². The topological polar surface area (TPSA) is 76.8 Å². The Balaban J connectivity index is 1.89. The average molecular weight is 294 g/mol. The van der Waals surface area contributed by atoms with Gasteiger partial charge in [0.25, 0.3) is 0 Å². The van der Waals surface area contributed by atoms with Crippen LogP contribution in [0.25, 0.3) is 11.4 Å². The van der Waals surface area contributed by atoms with Crippen molar-refractivity contribution in [2.45, 2.75) is 13.0 Å². The van der Waals surface area contributed by atoms with Gasteiger partial charge in [0.1, 0.15) is 11.6 Å². The van der Waals surface area contributed by atoms with E-state index in [1.165, 1.54) is 5.56 Å². The van der Waals surface area contributed by atoms with Gasteiger partial charge >= 0.3 is 0 Å². The van der Waals surface area contributed by atoms with E-state index in [2.05, 4.69) is 15.2 Å². The van der Waals surface area contributed by atoms with Crippen molar-refractivity contribution in [3.63, 3.8) is 0 Å². The number of rotatable bonds is 4. The van der Waals surface area contributed by atoms with E-state index in [4.69, 9.17) is 10.5 Å². The normalized spacial score (nSPS) is 12.1. The second kappa shape index (κ2) is 5.99. The first-order chi connectivity index (χ1) is 10.7. The van der Waals surface area contributed by atoms with Crippen LogP contribution in [0.4, 0.5) is 0 Å². The third-order valence-corrected chi connectivity index (χ3v) is 3.53. The first kappa shape index (κ1) is 14.3. The van der Waals surface area contributed by atoms with Gasteiger partial charge < -0.3 is 10.5 Å². The van der Waals surface area contributed by atoms with E-state index in [-0.39, 0.29) is 6.04 Å². The number of ether oxygens (including phenoxy) is 1. The molecule has 0 aliphatic carbocycles. The van der Waals surface area contributed by atoms with Crippen molar-refractivity contribution in [1.29, 1.82) is 0 Å². The van der Waals surface area contributed by atoms with Gasteiger partial charge in [-0.25, -0.2) is 4.98 Å². The predicted molar refractivity (Wildman–Crippen MR) is 85.6 cm³/mol. The molecule has 22 heavy (non-hydrogen) atoms. The molecule has 2 aromatic carbocycles. The molecule has 0 unspecified atom stereocenters. The SMILES string of the molecule is COc1cccc([C@@H](N)c2nc(-c3cccc(C)c3)n[nH]2)c1. The fraction of sp³-hybridized carbons (Fsp3) is 0.176. The third kappa shape index (κ3) is 2.84. The van der Waals surface area contributed by atoms with E-state index in [9.17, 15) is 0 Å². The molecule has 112 valence electrons. The van der Waals surface area contributed by atoms with Crippen LogP contribution in [0.1, 0.15) is 23.0 Å². The number of benzene rings is 2. The lowest BCUT2D eigenvalue weighted by Gasteiger charge is -2.09. The highest BCUT2D eigenvalue weighted by molar-refractivity contribution is 5.55. The van der Waals surface area contributed by atoms with Crippen LogP contribution < -0.4 is 10.5 Å². The van der Waals surface area contributed by atoms with Gasteiger partial charge in [0.15, 0.2) is 5.82 Å². The number of aryl methyl sites for hydroxylation is 1. The summed E-state index contributed by atoms with van der Waals surface area (Å²) in [5.41, 5.74) is 9.33. The van der Waals surface area contributed by atoms with Crippen LogP contribution in [-0.2, 0) is 0 Å². The molecule has 0 amide bonds. The molecule has 0 radical (unpaired) electrons. The van der Waals surface area contributed by atoms with Gasteiger partial charge in [-0.2, -0.15) is 5.10 Å². The highest BCUT2D eigenvalue weighted by Crippen LogP contribution is 2.23. The van der Waals surface area contributed by atoms with Gasteiger partial charge in [-0.15, -0.1) is 0 Å². The molecule has 0 aliphatic heterocycles. The molecule has 1 heterocycles. The van der Waals surface area contributed by atoms with E-state index in [1.807, 2.05) is 55.5 Å². The Bertz CT molecular complexity index is 782. The minimum absolute atomic E-state index is 0.374. The van der Waals surface area contributed by atoms with E-state index < -0.39 is 0 Å². The predicted octanol–water partition coefficient (Wildman–Crippen LogP) is 2.84. The zero-order valence-corrected chi connectivity index (χ0v) is 12.6. The van der Waals surface area contributed by atoms with Crippen molar-refractivity contribution in [2.24, 2.45) is 5.73 Å². The molecule has 3 N–H and O–H groups in total. The third-order valence-electron chi connectivity index (χ3n) is 3.53. The average Bonchev–Trinajstić information content (AvgIpc) is 3.04. The molecular formula is C17H18N4O. The van der Waals surface area contributed by atoms with Gasteiger partial charge in [-0.05, 0) is 30.7 Å². The van der Waals surface area contributed by atoms with Crippen molar-refractivity contribution in [1.82, 2.24) is 15.2 Å². The van der Waals surface area contributed by atoms with E-state index >= 15 is 0 Å². The Morgan fingerprint density at radius 1 is 1.14 bits per heavy atom. The molecule has 5 heteroatoms. The van der Waals surface area contributed by atoms with Crippen LogP contribution in [0, 0.1) is 6.92 Å². The highest BCUT2D eigenvalue weighted by Gasteiger charge is 2.15. The second-order valence-corrected chi connectivity index (χ2v) is 5.17. The summed E-state index contributed by atoms with van der Waals surface area (Å²) in [7, 11) is 1.63. The number of H-pyrrole nitrogens is 1. The Morgan fingerprint density at radius 2 is 1.95 bits per heavy atom. The molecule has 5 nitrogen and oxygen atoms in total. The summed E-state index contributed by atoms with van der Waals surface area (Å²) in [5.74, 6) is 2.05. The largest absolute Gasteiger partial charge is 0.497 e. The lowest BCUT2D eigenvalue weighted by atomic mass is 10.1. The van der Waals surface area contributed by atoms with Gasteiger partial charge in [0, 0.05) is 5.56 Å². The molecule has 3 rings (SSSR count). The van der Waals surface area contributed by atoms with E-state index in [1.54, 1.807) is 7.11 Å². The fourth-order valence-electron chi connectivity index (χ4n) is 2.32. The van der Waals surface area contributed by atoms with Crippen molar-refractivity contribution in [3.05, 3.63) is 65.5 Å². The molecular weight excluding hydrogens is 276 g/mol. The first-order valence-corrected chi connectivity index (χ1v) is 7.06. The van der Waals surface area contributed by atoms with Gasteiger partial charge in [0.2, 0.25) is 0 Å². The summed E-state index contributed by atoms with van der Waals surface area (Å²) < 4.78 is 5.23. The summed E-state index contributed by atoms with van der Waals surface area (Å²) in [6, 6.07) is 15.3. The number of nitrogens with zero attached hydrogens (tertiary/aromatic N) is 2. The first-order valence-electron chi connectivity index (χ1n) is 7.06. The lowest BCUT2D eigenvalue weighted by Crippen LogP contribution is -2.13. The smallest absolute Gasteiger partial charge is 0.181 e. The number of methoxy groups -OCH3 is 1. The fourth-order valence-corrected chi connectivity index (χ4v) is 2.32. The number of hydrogen-bond acceptors (Lipinski definition) is 4. The molecule has 3 aromatic rings. The number of aromatic amines is 1. The number of hydrogen-bond donors (Lipinski definition) is 2. The minimum Gasteiger partial charge on any atom is -0.497 e. The van der Waals surface area contributed by atoms with E-state index in [0.29, 0.717) is 11.6 Å². The maximum atomic E-state index is 6.27. The Hall–Kier alpha value is -2.66. The Labute approximate surface area is 129 Å². The maximum Gasteiger partial charge on any atom is 0.181 e. The summed E-state index contributed by atoms with van der Waals surface area (Å²) in [6.07, 6.45) is 0. The van der Waals surface area contributed by atoms with Gasteiger partial charge in [-0.3, -0.25) is 5.10 Å². The molecule has 0 saturated heterocycles. The summed E-state index contributed by atoms with van der Waals surface area (Å²) in [4.78, 5) is 4.52. The molecule has 0 aliphatic rings. The monoisotopic (exact) mass is 294 g/mol. The van der Waals surface area contributed by atoms with Gasteiger partial charge in [-0.1, -0.05) is 35.9 Å². The second-order valence-electron chi connectivity index (χ2n) is 5.17. The molecule has 1 atom stereocenters. The zero-order chi connectivity index (χ0) is 15.5. The van der Waals surface area contributed by atoms with Crippen molar-refractivity contribution in [3.8, 4) is 17.1 Å². The Kier molecular flexibility index (Phi) is 3.89. The number of nitrogens with one attached hydrogen (secondary N) is 1. The molecule has 0 spiro atoms. The number of aromatic nitrogens is 3. The summed E-state index contributed by atoms with van der Waals surface area (Å²) >= 11 is 0. The quantitative estimate of drug-likeness (QED) is 0.775. The lowest BCUT2D eigenvalue weighted by molar-refractivity contribution is 0.414. The summed E-state index contributed by atoms with van der Waals surface area (Å²) in [5, 5.41) is 7.20. The number of nitrogens with two attached hydrogens (primary N) is 1. The summed E-state index contributed by atoms with van der Waals surface area (Å²) in [6.45, 7) is 2.04. The molecule has 0 saturated carbocycles. The van der Waals surface area contributed by atoms with Crippen LogP contribution in [0.3, 0.4) is 0 Å². The molecule has 0 bridgehead atoms. The zero-order valence-electron chi connectivity index (χ0n) is 12.6. The van der Waals surface area contributed by atoms with Crippen LogP contribution in [0.5, 0.6) is 5.75 Å². The minimum atomic E-state index is -0.374. The molecule has 0 fully saturated rings. The van der Waals surface area contributed by atoms with Crippen LogP contribution in [-0.4, -0.2) is 22.3 Å². The standard InChI is InChI=1S/C17H18N4O/c1-11-5-3-7-13(9-11)16-19-17(21-20-16)15(18)12-6-4-8-14(10-12)22-2/h3-10,15H,18H2,1-2H3,(H,19,20,21)/t15-/m1/s1.